The average molecular weight is 284 g/mol. The molecular formula is C17H20N2O2. The number of fused-ring (bicyclic) bond motifs is 1. The summed E-state index contributed by atoms with van der Waals surface area (Å²) in [5.74, 6) is 0.800. The van der Waals surface area contributed by atoms with E-state index in [1.807, 2.05) is 35.8 Å². The zero-order valence-corrected chi connectivity index (χ0v) is 12.3. The van der Waals surface area contributed by atoms with Crippen molar-refractivity contribution in [3.63, 3.8) is 0 Å². The molecule has 0 spiro atoms. The molecule has 0 fully saturated rings. The first-order valence-corrected chi connectivity index (χ1v) is 7.42. The lowest BCUT2D eigenvalue weighted by molar-refractivity contribution is 0.335. The van der Waals surface area contributed by atoms with Gasteiger partial charge in [-0.1, -0.05) is 6.07 Å². The average Bonchev–Trinajstić information content (AvgIpc) is 2.93. The van der Waals surface area contributed by atoms with Crippen LogP contribution in [0, 0.1) is 0 Å². The van der Waals surface area contributed by atoms with Crippen molar-refractivity contribution in [3.05, 3.63) is 57.5 Å². The Morgan fingerprint density at radius 3 is 2.90 bits per heavy atom. The summed E-state index contributed by atoms with van der Waals surface area (Å²) in [5.41, 5.74) is 10.0. The summed E-state index contributed by atoms with van der Waals surface area (Å²) in [6.07, 6.45) is 3.15. The molecular weight excluding hydrogens is 264 g/mol. The van der Waals surface area contributed by atoms with E-state index < -0.39 is 0 Å². The van der Waals surface area contributed by atoms with E-state index in [2.05, 4.69) is 0 Å². The van der Waals surface area contributed by atoms with Gasteiger partial charge in [0, 0.05) is 23.0 Å². The van der Waals surface area contributed by atoms with Crippen LogP contribution < -0.4 is 16.0 Å². The van der Waals surface area contributed by atoms with E-state index >= 15 is 0 Å². The van der Waals surface area contributed by atoms with E-state index in [0.717, 1.165) is 36.3 Å². The van der Waals surface area contributed by atoms with Gasteiger partial charge in [-0.2, -0.15) is 0 Å². The molecule has 2 aromatic rings. The maximum absolute atomic E-state index is 12.2. The van der Waals surface area contributed by atoms with Crippen molar-refractivity contribution < 1.29 is 4.74 Å². The number of nitrogen functional groups attached to an aromatic ring is 1. The molecule has 1 aliphatic rings. The first-order valence-electron chi connectivity index (χ1n) is 7.42. The summed E-state index contributed by atoms with van der Waals surface area (Å²) >= 11 is 0. The molecule has 110 valence electrons. The fourth-order valence-corrected chi connectivity index (χ4v) is 3.00. The highest BCUT2D eigenvalue weighted by molar-refractivity contribution is 5.48. The molecule has 0 unspecified atom stereocenters. The lowest BCUT2D eigenvalue weighted by atomic mass is 10.1. The zero-order valence-electron chi connectivity index (χ0n) is 12.3. The molecule has 0 atom stereocenters. The maximum atomic E-state index is 12.2. The Hall–Kier alpha value is -2.23. The highest BCUT2D eigenvalue weighted by atomic mass is 16.5. The SMILES string of the molecule is CCOc1ccc(N)cc1Cn1c2c(ccc1=O)CCC2. The highest BCUT2D eigenvalue weighted by Gasteiger charge is 2.17. The van der Waals surface area contributed by atoms with E-state index in [-0.39, 0.29) is 5.56 Å². The van der Waals surface area contributed by atoms with Gasteiger partial charge in [-0.05, 0) is 49.9 Å². The number of benzene rings is 1. The van der Waals surface area contributed by atoms with Gasteiger partial charge < -0.3 is 15.0 Å². The highest BCUT2D eigenvalue weighted by Crippen LogP contribution is 2.25. The molecule has 0 saturated heterocycles. The summed E-state index contributed by atoms with van der Waals surface area (Å²) < 4.78 is 7.51. The van der Waals surface area contributed by atoms with Crippen LogP contribution >= 0.6 is 0 Å². The van der Waals surface area contributed by atoms with Crippen molar-refractivity contribution >= 4 is 5.69 Å². The Bertz CT molecular complexity index is 719. The second-order valence-corrected chi connectivity index (χ2v) is 5.38. The van der Waals surface area contributed by atoms with Gasteiger partial charge in [0.05, 0.1) is 13.2 Å². The van der Waals surface area contributed by atoms with Crippen molar-refractivity contribution in [2.75, 3.05) is 12.3 Å². The number of aryl methyl sites for hydroxylation is 1. The predicted octanol–water partition coefficient (Wildman–Crippen LogP) is 2.37. The van der Waals surface area contributed by atoms with Gasteiger partial charge in [-0.25, -0.2) is 0 Å². The molecule has 0 bridgehead atoms. The number of rotatable bonds is 4. The Morgan fingerprint density at radius 2 is 2.10 bits per heavy atom. The third kappa shape index (κ3) is 2.66. The van der Waals surface area contributed by atoms with E-state index in [9.17, 15) is 4.79 Å². The van der Waals surface area contributed by atoms with Gasteiger partial charge >= 0.3 is 0 Å². The summed E-state index contributed by atoms with van der Waals surface area (Å²) in [5, 5.41) is 0. The minimum absolute atomic E-state index is 0.0422. The van der Waals surface area contributed by atoms with Crippen molar-refractivity contribution in [1.82, 2.24) is 4.57 Å². The van der Waals surface area contributed by atoms with Crippen LogP contribution in [0.4, 0.5) is 5.69 Å². The van der Waals surface area contributed by atoms with Crippen LogP contribution in [-0.2, 0) is 19.4 Å². The molecule has 3 rings (SSSR count). The van der Waals surface area contributed by atoms with Crippen LogP contribution in [0.25, 0.3) is 0 Å². The number of nitrogens with zero attached hydrogens (tertiary/aromatic N) is 1. The van der Waals surface area contributed by atoms with E-state index in [0.29, 0.717) is 18.8 Å². The smallest absolute Gasteiger partial charge is 0.251 e. The number of nitrogens with two attached hydrogens (primary N) is 1. The number of anilines is 1. The normalized spacial score (nSPS) is 13.2. The van der Waals surface area contributed by atoms with Crippen LogP contribution in [0.5, 0.6) is 5.75 Å². The van der Waals surface area contributed by atoms with Crippen LogP contribution in [0.15, 0.2) is 35.1 Å². The standard InChI is InChI=1S/C17H20N2O2/c1-2-21-16-8-7-14(18)10-13(16)11-19-15-5-3-4-12(15)6-9-17(19)20/h6-10H,2-5,11,18H2,1H3. The van der Waals surface area contributed by atoms with Crippen molar-refractivity contribution in [3.8, 4) is 5.75 Å². The first kappa shape index (κ1) is 13.7. The lowest BCUT2D eigenvalue weighted by Gasteiger charge is -2.15. The molecule has 2 N–H and O–H groups in total. The summed E-state index contributed by atoms with van der Waals surface area (Å²) in [6.45, 7) is 3.06. The van der Waals surface area contributed by atoms with Gasteiger partial charge in [-0.3, -0.25) is 4.79 Å². The number of aromatic nitrogens is 1. The summed E-state index contributed by atoms with van der Waals surface area (Å²) in [4.78, 5) is 12.2. The third-order valence-corrected chi connectivity index (χ3v) is 3.96. The summed E-state index contributed by atoms with van der Waals surface area (Å²) in [6, 6.07) is 9.22. The Kier molecular flexibility index (Phi) is 3.69. The van der Waals surface area contributed by atoms with Gasteiger partial charge in [0.2, 0.25) is 0 Å². The lowest BCUT2D eigenvalue weighted by Crippen LogP contribution is -2.23. The van der Waals surface area contributed by atoms with Gasteiger partial charge in [0.1, 0.15) is 5.75 Å². The molecule has 1 aromatic carbocycles. The molecule has 0 amide bonds. The quantitative estimate of drug-likeness (QED) is 0.877. The van der Waals surface area contributed by atoms with E-state index in [4.69, 9.17) is 10.5 Å². The second-order valence-electron chi connectivity index (χ2n) is 5.38. The molecule has 1 aromatic heterocycles. The summed E-state index contributed by atoms with van der Waals surface area (Å²) in [7, 11) is 0. The Labute approximate surface area is 124 Å². The van der Waals surface area contributed by atoms with Crippen molar-refractivity contribution in [2.45, 2.75) is 32.7 Å². The zero-order chi connectivity index (χ0) is 14.8. The third-order valence-electron chi connectivity index (χ3n) is 3.96. The van der Waals surface area contributed by atoms with Gasteiger partial charge in [0.25, 0.3) is 5.56 Å². The maximum Gasteiger partial charge on any atom is 0.251 e. The molecule has 0 aliphatic heterocycles. The van der Waals surface area contributed by atoms with Crippen LogP contribution in [0.1, 0.15) is 30.2 Å². The molecule has 4 nitrogen and oxygen atoms in total. The second kappa shape index (κ2) is 5.64. The van der Waals surface area contributed by atoms with Crippen LogP contribution in [-0.4, -0.2) is 11.2 Å². The van der Waals surface area contributed by atoms with Crippen LogP contribution in [0.2, 0.25) is 0 Å². The van der Waals surface area contributed by atoms with Crippen molar-refractivity contribution in [2.24, 2.45) is 0 Å². The fourth-order valence-electron chi connectivity index (χ4n) is 3.00. The molecule has 0 saturated carbocycles. The monoisotopic (exact) mass is 284 g/mol. The minimum atomic E-state index is 0.0422. The van der Waals surface area contributed by atoms with Crippen molar-refractivity contribution in [1.29, 1.82) is 0 Å². The van der Waals surface area contributed by atoms with E-state index in [1.165, 1.54) is 5.56 Å². The Morgan fingerprint density at radius 1 is 1.24 bits per heavy atom. The number of pyridine rings is 1. The first-order chi connectivity index (χ1) is 10.2. The predicted molar refractivity (Wildman–Crippen MR) is 83.9 cm³/mol. The van der Waals surface area contributed by atoms with E-state index in [1.54, 1.807) is 6.07 Å². The van der Waals surface area contributed by atoms with Crippen LogP contribution in [0.3, 0.4) is 0 Å². The van der Waals surface area contributed by atoms with Gasteiger partial charge in [0.15, 0.2) is 0 Å². The topological polar surface area (TPSA) is 57.2 Å². The molecule has 1 aliphatic carbocycles. The molecule has 0 radical (unpaired) electrons. The minimum Gasteiger partial charge on any atom is -0.494 e. The van der Waals surface area contributed by atoms with Gasteiger partial charge in [-0.15, -0.1) is 0 Å². The number of hydrogen-bond donors (Lipinski definition) is 1. The number of ether oxygens (including phenoxy) is 1. The largest absolute Gasteiger partial charge is 0.494 e. The Balaban J connectivity index is 2.03. The molecule has 21 heavy (non-hydrogen) atoms. The fraction of sp³-hybridized carbons (Fsp3) is 0.353. The molecule has 1 heterocycles. The number of hydrogen-bond acceptors (Lipinski definition) is 3. The molecule has 4 heteroatoms.